The molecule has 0 unspecified atom stereocenters. The average molecular weight is 345 g/mol. The smallest absolute Gasteiger partial charge is 0.272 e. The van der Waals surface area contributed by atoms with Crippen LogP contribution in [0.5, 0.6) is 0 Å². The van der Waals surface area contributed by atoms with Crippen LogP contribution in [0.4, 0.5) is 0 Å². The topological polar surface area (TPSA) is 51.7 Å². The van der Waals surface area contributed by atoms with Gasteiger partial charge in [-0.25, -0.2) is 4.98 Å². The van der Waals surface area contributed by atoms with Crippen molar-refractivity contribution in [2.45, 2.75) is 13.8 Å². The number of pyridine rings is 1. The monoisotopic (exact) mass is 344 g/mol. The maximum absolute atomic E-state index is 12.4. The van der Waals surface area contributed by atoms with Crippen molar-refractivity contribution in [3.05, 3.63) is 28.5 Å². The standard InChI is InChI=1S/C14H21BrN2O3/c1-3-19-9-7-17(8-10-20-4-2)14(18)13-6-5-12(15)11-16-13/h5-6,11H,3-4,7-10H2,1-2H3. The number of hydrogen-bond donors (Lipinski definition) is 0. The second-order valence-electron chi connectivity index (χ2n) is 4.05. The van der Waals surface area contributed by atoms with Crippen LogP contribution in [0.3, 0.4) is 0 Å². The zero-order chi connectivity index (χ0) is 14.8. The summed E-state index contributed by atoms with van der Waals surface area (Å²) < 4.78 is 11.5. The first-order valence-electron chi connectivity index (χ1n) is 6.75. The largest absolute Gasteiger partial charge is 0.380 e. The van der Waals surface area contributed by atoms with Crippen molar-refractivity contribution >= 4 is 21.8 Å². The van der Waals surface area contributed by atoms with Gasteiger partial charge < -0.3 is 14.4 Å². The van der Waals surface area contributed by atoms with Crippen LogP contribution in [0, 0.1) is 0 Å². The lowest BCUT2D eigenvalue weighted by Gasteiger charge is -2.22. The highest BCUT2D eigenvalue weighted by atomic mass is 79.9. The highest BCUT2D eigenvalue weighted by Gasteiger charge is 2.16. The Bertz CT molecular complexity index is 388. The summed E-state index contributed by atoms with van der Waals surface area (Å²) in [6.07, 6.45) is 1.62. The lowest BCUT2D eigenvalue weighted by molar-refractivity contribution is 0.0545. The minimum atomic E-state index is -0.100. The van der Waals surface area contributed by atoms with Crippen molar-refractivity contribution in [2.75, 3.05) is 39.5 Å². The maximum atomic E-state index is 12.4. The Morgan fingerprint density at radius 3 is 2.25 bits per heavy atom. The molecule has 0 saturated carbocycles. The van der Waals surface area contributed by atoms with E-state index in [1.165, 1.54) is 0 Å². The Balaban J connectivity index is 2.63. The number of hydrogen-bond acceptors (Lipinski definition) is 4. The quantitative estimate of drug-likeness (QED) is 0.645. The Morgan fingerprint density at radius 2 is 1.80 bits per heavy atom. The molecule has 1 aromatic heterocycles. The Kier molecular flexibility index (Phi) is 8.41. The molecule has 0 fully saturated rings. The predicted octanol–water partition coefficient (Wildman–Crippen LogP) is 2.36. The lowest BCUT2D eigenvalue weighted by atomic mass is 10.3. The number of amides is 1. The zero-order valence-electron chi connectivity index (χ0n) is 12.0. The van der Waals surface area contributed by atoms with Crippen LogP contribution in [-0.2, 0) is 9.47 Å². The molecule has 0 N–H and O–H groups in total. The molecule has 0 aliphatic heterocycles. The van der Waals surface area contributed by atoms with Gasteiger partial charge in [0, 0.05) is 37.0 Å². The maximum Gasteiger partial charge on any atom is 0.272 e. The fourth-order valence-corrected chi connectivity index (χ4v) is 1.85. The first-order valence-corrected chi connectivity index (χ1v) is 7.54. The molecule has 1 heterocycles. The highest BCUT2D eigenvalue weighted by molar-refractivity contribution is 9.10. The van der Waals surface area contributed by atoms with Gasteiger partial charge in [0.1, 0.15) is 5.69 Å². The van der Waals surface area contributed by atoms with E-state index in [4.69, 9.17) is 9.47 Å². The molecule has 0 aromatic carbocycles. The summed E-state index contributed by atoms with van der Waals surface area (Å²) >= 11 is 3.31. The van der Waals surface area contributed by atoms with Crippen molar-refractivity contribution in [3.63, 3.8) is 0 Å². The highest BCUT2D eigenvalue weighted by Crippen LogP contribution is 2.09. The van der Waals surface area contributed by atoms with E-state index in [2.05, 4.69) is 20.9 Å². The van der Waals surface area contributed by atoms with Crippen LogP contribution in [0.2, 0.25) is 0 Å². The third kappa shape index (κ3) is 5.98. The summed E-state index contributed by atoms with van der Waals surface area (Å²) in [6.45, 7) is 7.27. The molecule has 1 amide bonds. The van der Waals surface area contributed by atoms with Gasteiger partial charge in [0.2, 0.25) is 0 Å². The molecule has 20 heavy (non-hydrogen) atoms. The molecule has 112 valence electrons. The molecule has 0 aliphatic carbocycles. The van der Waals surface area contributed by atoms with E-state index in [9.17, 15) is 4.79 Å². The van der Waals surface area contributed by atoms with Gasteiger partial charge in [-0.15, -0.1) is 0 Å². The van der Waals surface area contributed by atoms with E-state index in [-0.39, 0.29) is 5.91 Å². The summed E-state index contributed by atoms with van der Waals surface area (Å²) in [5.41, 5.74) is 0.432. The van der Waals surface area contributed by atoms with Gasteiger partial charge in [-0.2, -0.15) is 0 Å². The van der Waals surface area contributed by atoms with E-state index in [1.54, 1.807) is 17.2 Å². The summed E-state index contributed by atoms with van der Waals surface area (Å²) in [7, 11) is 0. The van der Waals surface area contributed by atoms with E-state index in [0.29, 0.717) is 45.2 Å². The molecule has 6 heteroatoms. The van der Waals surface area contributed by atoms with Gasteiger partial charge in [-0.3, -0.25) is 4.79 Å². The van der Waals surface area contributed by atoms with Gasteiger partial charge in [0.15, 0.2) is 0 Å². The first kappa shape index (κ1) is 17.1. The van der Waals surface area contributed by atoms with Gasteiger partial charge in [-0.05, 0) is 41.9 Å². The number of halogens is 1. The Morgan fingerprint density at radius 1 is 1.20 bits per heavy atom. The van der Waals surface area contributed by atoms with Gasteiger partial charge >= 0.3 is 0 Å². The van der Waals surface area contributed by atoms with Gasteiger partial charge in [0.05, 0.1) is 13.2 Å². The van der Waals surface area contributed by atoms with Crippen molar-refractivity contribution in [2.24, 2.45) is 0 Å². The van der Waals surface area contributed by atoms with Crippen LogP contribution in [0.1, 0.15) is 24.3 Å². The molecule has 0 spiro atoms. The minimum absolute atomic E-state index is 0.100. The molecule has 0 saturated heterocycles. The minimum Gasteiger partial charge on any atom is -0.380 e. The molecule has 1 rings (SSSR count). The normalized spacial score (nSPS) is 10.6. The number of carbonyl (C=O) groups is 1. The summed E-state index contributed by atoms with van der Waals surface area (Å²) in [4.78, 5) is 18.2. The van der Waals surface area contributed by atoms with Gasteiger partial charge in [-0.1, -0.05) is 0 Å². The number of ether oxygens (including phenoxy) is 2. The summed E-state index contributed by atoms with van der Waals surface area (Å²) in [6, 6.07) is 3.52. The predicted molar refractivity (Wildman–Crippen MR) is 80.8 cm³/mol. The Labute approximate surface area is 128 Å². The fourth-order valence-electron chi connectivity index (χ4n) is 1.62. The third-order valence-corrected chi connectivity index (χ3v) is 3.12. The Hall–Kier alpha value is -0.980. The number of rotatable bonds is 9. The zero-order valence-corrected chi connectivity index (χ0v) is 13.6. The third-order valence-electron chi connectivity index (χ3n) is 2.65. The fraction of sp³-hybridized carbons (Fsp3) is 0.571. The van der Waals surface area contributed by atoms with E-state index in [1.807, 2.05) is 19.9 Å². The van der Waals surface area contributed by atoms with Crippen LogP contribution < -0.4 is 0 Å². The van der Waals surface area contributed by atoms with Crippen LogP contribution in [0.25, 0.3) is 0 Å². The van der Waals surface area contributed by atoms with Crippen molar-refractivity contribution in [1.29, 1.82) is 0 Å². The van der Waals surface area contributed by atoms with E-state index >= 15 is 0 Å². The van der Waals surface area contributed by atoms with Crippen molar-refractivity contribution in [3.8, 4) is 0 Å². The van der Waals surface area contributed by atoms with Crippen LogP contribution in [-0.4, -0.2) is 55.3 Å². The summed E-state index contributed by atoms with van der Waals surface area (Å²) in [5, 5.41) is 0. The van der Waals surface area contributed by atoms with Crippen molar-refractivity contribution < 1.29 is 14.3 Å². The number of carbonyl (C=O) groups excluding carboxylic acids is 1. The lowest BCUT2D eigenvalue weighted by Crippen LogP contribution is -2.37. The van der Waals surface area contributed by atoms with Gasteiger partial charge in [0.25, 0.3) is 5.91 Å². The van der Waals surface area contributed by atoms with Crippen molar-refractivity contribution in [1.82, 2.24) is 9.88 Å². The molecule has 0 aliphatic rings. The molecular formula is C14H21BrN2O3. The van der Waals surface area contributed by atoms with E-state index in [0.717, 1.165) is 4.47 Å². The molecule has 0 atom stereocenters. The van der Waals surface area contributed by atoms with Crippen LogP contribution in [0.15, 0.2) is 22.8 Å². The second-order valence-corrected chi connectivity index (χ2v) is 4.96. The first-order chi connectivity index (χ1) is 9.69. The molecule has 0 radical (unpaired) electrons. The molecule has 5 nitrogen and oxygen atoms in total. The number of nitrogens with zero attached hydrogens (tertiary/aromatic N) is 2. The SMILES string of the molecule is CCOCCN(CCOCC)C(=O)c1ccc(Br)cn1. The average Bonchev–Trinajstić information content (AvgIpc) is 2.46. The molecule has 0 bridgehead atoms. The molecule has 1 aromatic rings. The number of aromatic nitrogens is 1. The molecular weight excluding hydrogens is 324 g/mol. The van der Waals surface area contributed by atoms with Crippen LogP contribution >= 0.6 is 15.9 Å². The summed E-state index contributed by atoms with van der Waals surface area (Å²) in [5.74, 6) is -0.100. The van der Waals surface area contributed by atoms with E-state index < -0.39 is 0 Å². The second kappa shape index (κ2) is 9.85.